The summed E-state index contributed by atoms with van der Waals surface area (Å²) in [6.07, 6.45) is 2.81. The normalized spacial score (nSPS) is 14.3. The summed E-state index contributed by atoms with van der Waals surface area (Å²) in [5.74, 6) is 0.756. The molecular weight excluding hydrogens is 248 g/mol. The Labute approximate surface area is 109 Å². The zero-order chi connectivity index (χ0) is 12.8. The predicted molar refractivity (Wildman–Crippen MR) is 71.4 cm³/mol. The van der Waals surface area contributed by atoms with E-state index in [9.17, 15) is 9.32 Å². The van der Waals surface area contributed by atoms with E-state index in [1.54, 1.807) is 23.1 Å². The molecule has 0 saturated carbocycles. The summed E-state index contributed by atoms with van der Waals surface area (Å²) in [6, 6.07) is 11.5. The van der Waals surface area contributed by atoms with Crippen molar-refractivity contribution >= 4 is 10.8 Å². The van der Waals surface area contributed by atoms with E-state index in [-0.39, 0.29) is 5.75 Å². The molecule has 96 valence electrons. The maximum Gasteiger partial charge on any atom is 0.0851 e. The first-order valence-corrected chi connectivity index (χ1v) is 7.27. The Balaban J connectivity index is 1.80. The van der Waals surface area contributed by atoms with Gasteiger partial charge in [0.25, 0.3) is 0 Å². The third kappa shape index (κ3) is 4.09. The summed E-state index contributed by atoms with van der Waals surface area (Å²) in [6.45, 7) is 0.382. The van der Waals surface area contributed by atoms with Gasteiger partial charge in [-0.25, -0.2) is 0 Å². The molecule has 0 bridgehead atoms. The molecule has 0 radical (unpaired) electrons. The highest BCUT2D eigenvalue weighted by Crippen LogP contribution is 2.04. The summed E-state index contributed by atoms with van der Waals surface area (Å²) < 4.78 is 13.5. The minimum absolute atomic E-state index is 0.273. The minimum atomic E-state index is -1.05. The van der Waals surface area contributed by atoms with Gasteiger partial charge in [-0.05, 0) is 11.6 Å². The fourth-order valence-electron chi connectivity index (χ4n) is 1.71. The molecule has 1 N–H and O–H groups in total. The summed E-state index contributed by atoms with van der Waals surface area (Å²) in [4.78, 5) is 0. The van der Waals surface area contributed by atoms with Crippen molar-refractivity contribution in [2.75, 3.05) is 5.75 Å². The standard InChI is InChI=1S/C13H16N2O2S/c16-13(9-15-8-4-7-14-15)11-18(17)10-12-5-2-1-3-6-12/h1-8,13,16H,9-11H2/t13-,18+/m0/s1. The van der Waals surface area contributed by atoms with Crippen LogP contribution in [0.3, 0.4) is 0 Å². The van der Waals surface area contributed by atoms with E-state index in [0.29, 0.717) is 12.3 Å². The van der Waals surface area contributed by atoms with E-state index < -0.39 is 16.9 Å². The van der Waals surface area contributed by atoms with Crippen LogP contribution in [0.15, 0.2) is 48.8 Å². The SMILES string of the molecule is O=[S@](Cc1ccccc1)C[C@@H](O)Cn1cccn1. The summed E-state index contributed by atoms with van der Waals surface area (Å²) in [7, 11) is -1.05. The molecule has 0 unspecified atom stereocenters. The van der Waals surface area contributed by atoms with Crippen LogP contribution in [0.5, 0.6) is 0 Å². The zero-order valence-electron chi connectivity index (χ0n) is 9.98. The molecule has 0 fully saturated rings. The van der Waals surface area contributed by atoms with Gasteiger partial charge in [0.05, 0.1) is 18.4 Å². The Bertz CT molecular complexity index is 485. The molecule has 2 atom stereocenters. The third-order valence-corrected chi connectivity index (χ3v) is 3.92. The molecule has 0 saturated heterocycles. The number of aliphatic hydroxyl groups excluding tert-OH is 1. The number of benzene rings is 1. The van der Waals surface area contributed by atoms with Crippen LogP contribution in [0.2, 0.25) is 0 Å². The molecule has 0 aliphatic heterocycles. The lowest BCUT2D eigenvalue weighted by Gasteiger charge is -2.10. The predicted octanol–water partition coefficient (Wildman–Crippen LogP) is 1.19. The molecule has 0 aliphatic carbocycles. The Morgan fingerprint density at radius 3 is 2.72 bits per heavy atom. The van der Waals surface area contributed by atoms with Gasteiger partial charge in [0.15, 0.2) is 0 Å². The fourth-order valence-corrected chi connectivity index (χ4v) is 2.93. The average molecular weight is 264 g/mol. The number of aromatic nitrogens is 2. The molecular formula is C13H16N2O2S. The van der Waals surface area contributed by atoms with Gasteiger partial charge in [-0.1, -0.05) is 30.3 Å². The fraction of sp³-hybridized carbons (Fsp3) is 0.308. The maximum atomic E-state index is 11.9. The first-order valence-electron chi connectivity index (χ1n) is 5.78. The highest BCUT2D eigenvalue weighted by atomic mass is 32.2. The van der Waals surface area contributed by atoms with Crippen molar-refractivity contribution < 1.29 is 9.32 Å². The van der Waals surface area contributed by atoms with Crippen molar-refractivity contribution in [3.8, 4) is 0 Å². The first kappa shape index (κ1) is 13.0. The Kier molecular flexibility index (Phi) is 4.66. The van der Waals surface area contributed by atoms with Crippen LogP contribution in [-0.4, -0.2) is 31.0 Å². The quantitative estimate of drug-likeness (QED) is 0.852. The average Bonchev–Trinajstić information content (AvgIpc) is 2.82. The smallest absolute Gasteiger partial charge is 0.0851 e. The van der Waals surface area contributed by atoms with E-state index in [1.165, 1.54) is 0 Å². The molecule has 1 aromatic carbocycles. The molecule has 5 heteroatoms. The highest BCUT2D eigenvalue weighted by molar-refractivity contribution is 7.84. The largest absolute Gasteiger partial charge is 0.390 e. The van der Waals surface area contributed by atoms with Gasteiger partial charge in [-0.2, -0.15) is 5.10 Å². The summed E-state index contributed by atoms with van der Waals surface area (Å²) in [5.41, 5.74) is 1.03. The van der Waals surface area contributed by atoms with Crippen molar-refractivity contribution in [3.63, 3.8) is 0 Å². The Hall–Kier alpha value is -1.46. The van der Waals surface area contributed by atoms with Crippen LogP contribution >= 0.6 is 0 Å². The van der Waals surface area contributed by atoms with E-state index in [0.717, 1.165) is 5.56 Å². The van der Waals surface area contributed by atoms with E-state index >= 15 is 0 Å². The van der Waals surface area contributed by atoms with Crippen LogP contribution in [0.4, 0.5) is 0 Å². The second kappa shape index (κ2) is 6.47. The molecule has 1 heterocycles. The molecule has 2 aromatic rings. The minimum Gasteiger partial charge on any atom is -0.390 e. The second-order valence-electron chi connectivity index (χ2n) is 4.12. The van der Waals surface area contributed by atoms with Crippen molar-refractivity contribution in [1.82, 2.24) is 9.78 Å². The van der Waals surface area contributed by atoms with Gasteiger partial charge in [0, 0.05) is 28.9 Å². The zero-order valence-corrected chi connectivity index (χ0v) is 10.8. The van der Waals surface area contributed by atoms with Crippen LogP contribution in [0.1, 0.15) is 5.56 Å². The van der Waals surface area contributed by atoms with Crippen molar-refractivity contribution in [2.24, 2.45) is 0 Å². The van der Waals surface area contributed by atoms with E-state index in [4.69, 9.17) is 0 Å². The van der Waals surface area contributed by atoms with Gasteiger partial charge >= 0.3 is 0 Å². The van der Waals surface area contributed by atoms with Gasteiger partial charge in [0.1, 0.15) is 0 Å². The second-order valence-corrected chi connectivity index (χ2v) is 5.62. The molecule has 2 rings (SSSR count). The van der Waals surface area contributed by atoms with E-state index in [2.05, 4.69) is 5.10 Å². The van der Waals surface area contributed by atoms with Crippen molar-refractivity contribution in [3.05, 3.63) is 54.4 Å². The van der Waals surface area contributed by atoms with Gasteiger partial charge in [-0.15, -0.1) is 0 Å². The third-order valence-electron chi connectivity index (χ3n) is 2.51. The lowest BCUT2D eigenvalue weighted by Crippen LogP contribution is -2.23. The molecule has 0 spiro atoms. The molecule has 4 nitrogen and oxygen atoms in total. The van der Waals surface area contributed by atoms with Gasteiger partial charge in [0.2, 0.25) is 0 Å². The number of hydrogen-bond acceptors (Lipinski definition) is 3. The summed E-state index contributed by atoms with van der Waals surface area (Å²) in [5, 5.41) is 13.8. The van der Waals surface area contributed by atoms with Gasteiger partial charge in [-0.3, -0.25) is 8.89 Å². The molecule has 0 aliphatic rings. The number of rotatable bonds is 6. The number of hydrogen-bond donors (Lipinski definition) is 1. The summed E-state index contributed by atoms with van der Waals surface area (Å²) >= 11 is 0. The maximum absolute atomic E-state index is 11.9. The van der Waals surface area contributed by atoms with Crippen LogP contribution in [-0.2, 0) is 23.1 Å². The van der Waals surface area contributed by atoms with Gasteiger partial charge < -0.3 is 5.11 Å². The van der Waals surface area contributed by atoms with Crippen molar-refractivity contribution in [1.29, 1.82) is 0 Å². The number of aliphatic hydroxyl groups is 1. The van der Waals surface area contributed by atoms with E-state index in [1.807, 2.05) is 30.3 Å². The molecule has 0 amide bonds. The van der Waals surface area contributed by atoms with Crippen LogP contribution in [0, 0.1) is 0 Å². The topological polar surface area (TPSA) is 55.1 Å². The molecule has 18 heavy (non-hydrogen) atoms. The Morgan fingerprint density at radius 1 is 1.28 bits per heavy atom. The van der Waals surface area contributed by atoms with Crippen LogP contribution < -0.4 is 0 Å². The van der Waals surface area contributed by atoms with Crippen molar-refractivity contribution in [2.45, 2.75) is 18.4 Å². The first-order chi connectivity index (χ1) is 8.74. The lowest BCUT2D eigenvalue weighted by atomic mass is 10.2. The Morgan fingerprint density at radius 2 is 2.06 bits per heavy atom. The lowest BCUT2D eigenvalue weighted by molar-refractivity contribution is 0.172. The number of nitrogens with zero attached hydrogens (tertiary/aromatic N) is 2. The monoisotopic (exact) mass is 264 g/mol. The van der Waals surface area contributed by atoms with Crippen LogP contribution in [0.25, 0.3) is 0 Å². The highest BCUT2D eigenvalue weighted by Gasteiger charge is 2.10. The molecule has 1 aromatic heterocycles.